The summed E-state index contributed by atoms with van der Waals surface area (Å²) in [6, 6.07) is 11.8. The Bertz CT molecular complexity index is 942. The third-order valence-corrected chi connectivity index (χ3v) is 6.97. The van der Waals surface area contributed by atoms with Crippen LogP contribution in [0.3, 0.4) is 0 Å². The number of rotatable bonds is 4. The molecule has 0 bridgehead atoms. The highest BCUT2D eigenvalue weighted by atomic mass is 32.1. The van der Waals surface area contributed by atoms with Crippen molar-refractivity contribution in [1.29, 1.82) is 0 Å². The van der Waals surface area contributed by atoms with Crippen LogP contribution in [0.25, 0.3) is 10.6 Å². The van der Waals surface area contributed by atoms with Gasteiger partial charge in [-0.2, -0.15) is 0 Å². The van der Waals surface area contributed by atoms with Crippen LogP contribution in [0.15, 0.2) is 36.4 Å². The first-order valence-electron chi connectivity index (χ1n) is 8.98. The van der Waals surface area contributed by atoms with E-state index in [1.165, 1.54) is 4.88 Å². The molecule has 1 aliphatic heterocycles. The van der Waals surface area contributed by atoms with Gasteiger partial charge in [0.1, 0.15) is 10.8 Å². The van der Waals surface area contributed by atoms with Crippen molar-refractivity contribution in [3.05, 3.63) is 51.2 Å². The molecule has 0 aliphatic carbocycles. The van der Waals surface area contributed by atoms with Gasteiger partial charge in [-0.1, -0.05) is 23.5 Å². The van der Waals surface area contributed by atoms with E-state index in [-0.39, 0.29) is 5.91 Å². The molecular weight excluding hydrogens is 378 g/mol. The van der Waals surface area contributed by atoms with E-state index < -0.39 is 0 Å². The van der Waals surface area contributed by atoms with Gasteiger partial charge < -0.3 is 9.64 Å². The maximum absolute atomic E-state index is 12.6. The van der Waals surface area contributed by atoms with E-state index in [9.17, 15) is 4.79 Å². The first-order valence-corrected chi connectivity index (χ1v) is 10.6. The highest BCUT2D eigenvalue weighted by Crippen LogP contribution is 2.36. The molecule has 0 atom stereocenters. The quantitative estimate of drug-likeness (QED) is 0.643. The third-order valence-electron chi connectivity index (χ3n) is 4.86. The zero-order valence-corrected chi connectivity index (χ0v) is 17.0. The molecule has 3 heterocycles. The van der Waals surface area contributed by atoms with E-state index >= 15 is 0 Å². The van der Waals surface area contributed by atoms with Crippen LogP contribution in [0.4, 0.5) is 0 Å². The van der Waals surface area contributed by atoms with E-state index in [1.54, 1.807) is 29.8 Å². The van der Waals surface area contributed by atoms with E-state index in [1.807, 2.05) is 48.2 Å². The lowest BCUT2D eigenvalue weighted by molar-refractivity contribution is 0.0717. The second kappa shape index (κ2) is 7.78. The van der Waals surface area contributed by atoms with Crippen molar-refractivity contribution in [3.8, 4) is 16.3 Å². The molecule has 0 unspecified atom stereocenters. The summed E-state index contributed by atoms with van der Waals surface area (Å²) in [7, 11) is 1.67. The van der Waals surface area contributed by atoms with Gasteiger partial charge in [0.15, 0.2) is 5.01 Å². The molecule has 7 heteroatoms. The van der Waals surface area contributed by atoms with Gasteiger partial charge in [-0.05, 0) is 44.0 Å². The average molecular weight is 400 g/mol. The van der Waals surface area contributed by atoms with Gasteiger partial charge in [0, 0.05) is 23.9 Å². The van der Waals surface area contributed by atoms with Crippen molar-refractivity contribution in [2.45, 2.75) is 25.7 Å². The number of carbonyl (C=O) groups is 1. The molecule has 0 radical (unpaired) electrons. The van der Waals surface area contributed by atoms with Gasteiger partial charge >= 0.3 is 0 Å². The number of aromatic nitrogens is 2. The highest BCUT2D eigenvalue weighted by Gasteiger charge is 2.27. The Morgan fingerprint density at radius 3 is 2.59 bits per heavy atom. The van der Waals surface area contributed by atoms with E-state index in [0.717, 1.165) is 52.1 Å². The summed E-state index contributed by atoms with van der Waals surface area (Å²) in [6.45, 7) is 3.57. The number of methoxy groups -OCH3 is 1. The Morgan fingerprint density at radius 2 is 1.89 bits per heavy atom. The van der Waals surface area contributed by atoms with Crippen LogP contribution >= 0.6 is 22.7 Å². The Balaban J connectivity index is 1.43. The zero-order valence-electron chi connectivity index (χ0n) is 15.3. The number of likely N-dealkylation sites (tertiary alicyclic amines) is 1. The molecule has 140 valence electrons. The van der Waals surface area contributed by atoms with Crippen molar-refractivity contribution in [2.75, 3.05) is 20.2 Å². The predicted octanol–water partition coefficient (Wildman–Crippen LogP) is 4.60. The number of hydrogen-bond acceptors (Lipinski definition) is 6. The smallest absolute Gasteiger partial charge is 0.263 e. The predicted molar refractivity (Wildman–Crippen MR) is 109 cm³/mol. The first-order chi connectivity index (χ1) is 13.2. The number of piperidine rings is 1. The van der Waals surface area contributed by atoms with Crippen LogP contribution in [-0.2, 0) is 0 Å². The third kappa shape index (κ3) is 3.75. The summed E-state index contributed by atoms with van der Waals surface area (Å²) in [5, 5.41) is 10.8. The minimum absolute atomic E-state index is 0.151. The number of carbonyl (C=O) groups excluding carboxylic acids is 1. The van der Waals surface area contributed by atoms with Gasteiger partial charge in [-0.15, -0.1) is 21.5 Å². The maximum Gasteiger partial charge on any atom is 0.263 e. The van der Waals surface area contributed by atoms with Gasteiger partial charge in [0.05, 0.1) is 17.6 Å². The molecule has 0 N–H and O–H groups in total. The summed E-state index contributed by atoms with van der Waals surface area (Å²) in [5.74, 6) is 1.32. The van der Waals surface area contributed by atoms with Crippen LogP contribution in [0.2, 0.25) is 0 Å². The summed E-state index contributed by atoms with van der Waals surface area (Å²) < 4.78 is 5.43. The largest absolute Gasteiger partial charge is 0.496 e. The van der Waals surface area contributed by atoms with Crippen molar-refractivity contribution in [3.63, 3.8) is 0 Å². The lowest BCUT2D eigenvalue weighted by atomic mass is 9.97. The maximum atomic E-state index is 12.6. The standard InChI is InChI=1S/C20H21N3O2S2/c1-13-7-8-17(26-13)20(24)23-11-9-14(10-12-23)18-21-22-19(27-18)15-5-3-4-6-16(15)25-2/h3-8,14H,9-12H2,1-2H3. The Hall–Kier alpha value is -2.25. The number of hydrogen-bond donors (Lipinski definition) is 0. The summed E-state index contributed by atoms with van der Waals surface area (Å²) in [6.07, 6.45) is 1.85. The van der Waals surface area contributed by atoms with E-state index in [2.05, 4.69) is 10.2 Å². The number of nitrogens with zero attached hydrogens (tertiary/aromatic N) is 3. The van der Waals surface area contributed by atoms with Crippen LogP contribution in [0.5, 0.6) is 5.75 Å². The topological polar surface area (TPSA) is 55.3 Å². The SMILES string of the molecule is COc1ccccc1-c1nnc(C2CCN(C(=O)c3ccc(C)s3)CC2)s1. The fourth-order valence-electron chi connectivity index (χ4n) is 3.36. The molecular formula is C20H21N3O2S2. The minimum atomic E-state index is 0.151. The summed E-state index contributed by atoms with van der Waals surface area (Å²) in [5.41, 5.74) is 0.976. The fraction of sp³-hybridized carbons (Fsp3) is 0.350. The number of para-hydroxylation sites is 1. The normalized spacial score (nSPS) is 15.1. The van der Waals surface area contributed by atoms with Crippen molar-refractivity contribution in [1.82, 2.24) is 15.1 Å². The molecule has 27 heavy (non-hydrogen) atoms. The molecule has 0 spiro atoms. The minimum Gasteiger partial charge on any atom is -0.496 e. The monoisotopic (exact) mass is 399 g/mol. The molecule has 2 aromatic heterocycles. The van der Waals surface area contributed by atoms with E-state index in [0.29, 0.717) is 5.92 Å². The average Bonchev–Trinajstić information content (AvgIpc) is 3.37. The van der Waals surface area contributed by atoms with Crippen LogP contribution in [0.1, 0.15) is 38.3 Å². The van der Waals surface area contributed by atoms with Gasteiger partial charge in [0.2, 0.25) is 0 Å². The molecule has 1 fully saturated rings. The Kier molecular flexibility index (Phi) is 5.22. The van der Waals surface area contributed by atoms with E-state index in [4.69, 9.17) is 4.74 Å². The number of benzene rings is 1. The van der Waals surface area contributed by atoms with Gasteiger partial charge in [-0.25, -0.2) is 0 Å². The summed E-state index contributed by atoms with van der Waals surface area (Å²) >= 11 is 3.20. The first kappa shape index (κ1) is 18.1. The van der Waals surface area contributed by atoms with Crippen molar-refractivity contribution in [2.24, 2.45) is 0 Å². The highest BCUT2D eigenvalue weighted by molar-refractivity contribution is 7.14. The zero-order chi connectivity index (χ0) is 18.8. The molecule has 1 aromatic carbocycles. The van der Waals surface area contributed by atoms with Gasteiger partial charge in [0.25, 0.3) is 5.91 Å². The number of amides is 1. The lowest BCUT2D eigenvalue weighted by Crippen LogP contribution is -2.37. The Morgan fingerprint density at radius 1 is 1.11 bits per heavy atom. The molecule has 4 rings (SSSR count). The molecule has 0 saturated carbocycles. The fourth-order valence-corrected chi connectivity index (χ4v) is 5.24. The summed E-state index contributed by atoms with van der Waals surface area (Å²) in [4.78, 5) is 16.6. The van der Waals surface area contributed by atoms with Gasteiger partial charge in [-0.3, -0.25) is 4.79 Å². The molecule has 3 aromatic rings. The molecule has 1 aliphatic rings. The van der Waals surface area contributed by atoms with Crippen LogP contribution in [-0.4, -0.2) is 41.2 Å². The molecule has 1 saturated heterocycles. The van der Waals surface area contributed by atoms with Crippen molar-refractivity contribution >= 4 is 28.6 Å². The molecule has 5 nitrogen and oxygen atoms in total. The molecule has 1 amide bonds. The van der Waals surface area contributed by atoms with Crippen LogP contribution < -0.4 is 4.74 Å². The van der Waals surface area contributed by atoms with Crippen LogP contribution in [0, 0.1) is 6.92 Å². The second-order valence-corrected chi connectivity index (χ2v) is 8.92. The van der Waals surface area contributed by atoms with Crippen molar-refractivity contribution < 1.29 is 9.53 Å². The lowest BCUT2D eigenvalue weighted by Gasteiger charge is -2.30. The second-order valence-electron chi connectivity index (χ2n) is 6.62. The Labute approximate surface area is 166 Å². The number of thiophene rings is 1. The number of ether oxygens (including phenoxy) is 1. The number of aryl methyl sites for hydroxylation is 1.